The van der Waals surface area contributed by atoms with Gasteiger partial charge < -0.3 is 4.74 Å². The van der Waals surface area contributed by atoms with E-state index in [4.69, 9.17) is 11.2 Å². The molecule has 1 aromatic rings. The Balaban J connectivity index is 3.03. The zero-order valence-electron chi connectivity index (χ0n) is 8.77. The van der Waals surface area contributed by atoms with Crippen LogP contribution >= 0.6 is 0 Å². The van der Waals surface area contributed by atoms with Crippen molar-refractivity contribution in [1.29, 1.82) is 0 Å². The lowest BCUT2D eigenvalue weighted by molar-refractivity contribution is -0.138. The smallest absolute Gasteiger partial charge is 0.419 e. The van der Waals surface area contributed by atoms with E-state index in [9.17, 15) is 13.2 Å². The summed E-state index contributed by atoms with van der Waals surface area (Å²) >= 11 is 0. The van der Waals surface area contributed by atoms with Crippen molar-refractivity contribution < 1.29 is 17.9 Å². The van der Waals surface area contributed by atoms with Crippen LogP contribution in [0, 0.1) is 12.3 Å². The summed E-state index contributed by atoms with van der Waals surface area (Å²) in [7, 11) is 1.22. The molecule has 1 rings (SSSR count). The molecule has 0 unspecified atom stereocenters. The Morgan fingerprint density at radius 1 is 1.38 bits per heavy atom. The maximum atomic E-state index is 12.5. The topological polar surface area (TPSA) is 9.23 Å². The van der Waals surface area contributed by atoms with Crippen LogP contribution in [0.15, 0.2) is 18.2 Å². The molecule has 0 saturated heterocycles. The molecule has 0 N–H and O–H groups in total. The van der Waals surface area contributed by atoms with Gasteiger partial charge in [-0.2, -0.15) is 13.2 Å². The van der Waals surface area contributed by atoms with Gasteiger partial charge in [0, 0.05) is 6.42 Å². The first-order valence-corrected chi connectivity index (χ1v) is 4.66. The normalized spacial score (nSPS) is 10.9. The molecule has 0 aromatic heterocycles. The number of benzene rings is 1. The van der Waals surface area contributed by atoms with Crippen molar-refractivity contribution in [1.82, 2.24) is 0 Å². The lowest BCUT2D eigenvalue weighted by Crippen LogP contribution is -2.07. The number of terminal acetylenes is 1. The summed E-state index contributed by atoms with van der Waals surface area (Å²) < 4.78 is 42.2. The molecule has 0 bridgehead atoms. The summed E-state index contributed by atoms with van der Waals surface area (Å²) in [6.45, 7) is 0. The zero-order chi connectivity index (χ0) is 12.2. The van der Waals surface area contributed by atoms with Crippen molar-refractivity contribution in [3.05, 3.63) is 29.3 Å². The quantitative estimate of drug-likeness (QED) is 0.721. The summed E-state index contributed by atoms with van der Waals surface area (Å²) in [6, 6.07) is 3.81. The van der Waals surface area contributed by atoms with E-state index in [1.54, 1.807) is 0 Å². The van der Waals surface area contributed by atoms with Gasteiger partial charge in [-0.25, -0.2) is 0 Å². The number of aryl methyl sites for hydroxylation is 1. The van der Waals surface area contributed by atoms with Gasteiger partial charge in [0.1, 0.15) is 5.75 Å². The van der Waals surface area contributed by atoms with Gasteiger partial charge in [-0.3, -0.25) is 0 Å². The SMILES string of the molecule is C#CCCc1ccc(C(F)(F)F)c(OC)c1. The Bertz CT molecular complexity index is 402. The van der Waals surface area contributed by atoms with Crippen molar-refractivity contribution in [2.45, 2.75) is 19.0 Å². The number of hydrogen-bond acceptors (Lipinski definition) is 1. The summed E-state index contributed by atoms with van der Waals surface area (Å²) in [4.78, 5) is 0. The molecule has 1 aromatic carbocycles. The molecule has 0 radical (unpaired) electrons. The number of ether oxygens (including phenoxy) is 1. The van der Waals surface area contributed by atoms with Crippen molar-refractivity contribution in [2.24, 2.45) is 0 Å². The molecular formula is C12H11F3O. The molecule has 0 aliphatic rings. The first-order valence-electron chi connectivity index (χ1n) is 4.66. The Morgan fingerprint density at radius 2 is 2.06 bits per heavy atom. The van der Waals surface area contributed by atoms with Crippen molar-refractivity contribution >= 4 is 0 Å². The van der Waals surface area contributed by atoms with Crippen LogP contribution < -0.4 is 4.74 Å². The molecule has 0 saturated carbocycles. The fraction of sp³-hybridized carbons (Fsp3) is 0.333. The van der Waals surface area contributed by atoms with Crippen LogP contribution in [0.2, 0.25) is 0 Å². The fourth-order valence-corrected chi connectivity index (χ4v) is 1.34. The molecule has 4 heteroatoms. The summed E-state index contributed by atoms with van der Waals surface area (Å²) in [5.74, 6) is 2.27. The Hall–Kier alpha value is -1.63. The first kappa shape index (κ1) is 12.4. The molecule has 0 amide bonds. The molecule has 0 fully saturated rings. The number of rotatable bonds is 3. The Morgan fingerprint density at radius 3 is 2.56 bits per heavy atom. The summed E-state index contributed by atoms with van der Waals surface area (Å²) in [5.41, 5.74) is -0.0257. The highest BCUT2D eigenvalue weighted by Gasteiger charge is 2.34. The number of alkyl halides is 3. The van der Waals surface area contributed by atoms with Gasteiger partial charge in [-0.15, -0.1) is 12.3 Å². The minimum Gasteiger partial charge on any atom is -0.496 e. The van der Waals surface area contributed by atoms with Crippen molar-refractivity contribution in [3.8, 4) is 18.1 Å². The van der Waals surface area contributed by atoms with E-state index < -0.39 is 11.7 Å². The van der Waals surface area contributed by atoms with Gasteiger partial charge in [0.2, 0.25) is 0 Å². The molecule has 16 heavy (non-hydrogen) atoms. The van der Waals surface area contributed by atoms with Crippen LogP contribution in [0.25, 0.3) is 0 Å². The molecule has 0 heterocycles. The second-order valence-corrected chi connectivity index (χ2v) is 3.24. The molecular weight excluding hydrogens is 217 g/mol. The Labute approximate surface area is 92.2 Å². The van der Waals surface area contributed by atoms with Gasteiger partial charge in [-0.05, 0) is 24.1 Å². The number of hydrogen-bond donors (Lipinski definition) is 0. The van der Waals surface area contributed by atoms with Crippen molar-refractivity contribution in [3.63, 3.8) is 0 Å². The van der Waals surface area contributed by atoms with Crippen molar-refractivity contribution in [2.75, 3.05) is 7.11 Å². The zero-order valence-corrected chi connectivity index (χ0v) is 8.77. The average Bonchev–Trinajstić information content (AvgIpc) is 2.24. The largest absolute Gasteiger partial charge is 0.496 e. The lowest BCUT2D eigenvalue weighted by Gasteiger charge is -2.12. The van der Waals surface area contributed by atoms with Gasteiger partial charge in [0.15, 0.2) is 0 Å². The first-order chi connectivity index (χ1) is 7.49. The number of methoxy groups -OCH3 is 1. The third-order valence-corrected chi connectivity index (χ3v) is 2.13. The molecule has 1 nitrogen and oxygen atoms in total. The third kappa shape index (κ3) is 2.93. The monoisotopic (exact) mass is 228 g/mol. The van der Waals surface area contributed by atoms with E-state index in [1.165, 1.54) is 19.2 Å². The average molecular weight is 228 g/mol. The van der Waals surface area contributed by atoms with Crippen LogP contribution in [0.1, 0.15) is 17.5 Å². The maximum absolute atomic E-state index is 12.5. The molecule has 0 spiro atoms. The highest BCUT2D eigenvalue weighted by Crippen LogP contribution is 2.36. The standard InChI is InChI=1S/C12H11F3O/c1-3-4-5-9-6-7-10(12(13,14)15)11(8-9)16-2/h1,6-8H,4-5H2,2H3. The summed E-state index contributed by atoms with van der Waals surface area (Å²) in [5, 5.41) is 0. The predicted octanol–water partition coefficient (Wildman–Crippen LogP) is 3.28. The summed E-state index contributed by atoms with van der Waals surface area (Å²) in [6.07, 6.45) is 1.73. The van der Waals surface area contributed by atoms with Gasteiger partial charge >= 0.3 is 6.18 Å². The highest BCUT2D eigenvalue weighted by molar-refractivity contribution is 5.39. The second-order valence-electron chi connectivity index (χ2n) is 3.24. The van der Waals surface area contributed by atoms with E-state index in [0.717, 1.165) is 11.6 Å². The predicted molar refractivity (Wildman–Crippen MR) is 55.2 cm³/mol. The van der Waals surface area contributed by atoms with E-state index in [1.807, 2.05) is 0 Å². The maximum Gasteiger partial charge on any atom is 0.419 e. The van der Waals surface area contributed by atoms with Crippen LogP contribution in [0.5, 0.6) is 5.75 Å². The van der Waals surface area contributed by atoms with E-state index in [2.05, 4.69) is 5.92 Å². The lowest BCUT2D eigenvalue weighted by atomic mass is 10.1. The highest BCUT2D eigenvalue weighted by atomic mass is 19.4. The van der Waals surface area contributed by atoms with E-state index in [0.29, 0.717) is 12.8 Å². The van der Waals surface area contributed by atoms with Crippen LogP contribution in [0.3, 0.4) is 0 Å². The number of halogens is 3. The molecule has 0 aliphatic heterocycles. The minimum absolute atomic E-state index is 0.165. The third-order valence-electron chi connectivity index (χ3n) is 2.13. The van der Waals surface area contributed by atoms with Gasteiger partial charge in [0.25, 0.3) is 0 Å². The molecule has 86 valence electrons. The van der Waals surface area contributed by atoms with Gasteiger partial charge in [0.05, 0.1) is 12.7 Å². The van der Waals surface area contributed by atoms with Crippen LogP contribution in [-0.4, -0.2) is 7.11 Å². The van der Waals surface area contributed by atoms with E-state index >= 15 is 0 Å². The fourth-order valence-electron chi connectivity index (χ4n) is 1.34. The Kier molecular flexibility index (Phi) is 3.83. The second kappa shape index (κ2) is 4.93. The van der Waals surface area contributed by atoms with Gasteiger partial charge in [-0.1, -0.05) is 6.07 Å². The molecule has 0 atom stereocenters. The minimum atomic E-state index is -4.39. The van der Waals surface area contributed by atoms with Crippen LogP contribution in [0.4, 0.5) is 13.2 Å². The van der Waals surface area contributed by atoms with Crippen LogP contribution in [-0.2, 0) is 12.6 Å². The molecule has 0 aliphatic carbocycles. The van der Waals surface area contributed by atoms with E-state index in [-0.39, 0.29) is 5.75 Å².